The van der Waals surface area contributed by atoms with Crippen molar-refractivity contribution in [1.29, 1.82) is 0 Å². The molecule has 0 N–H and O–H groups in total. The molecular formula is C12H20BrClN2. The third-order valence-electron chi connectivity index (χ3n) is 3.22. The Morgan fingerprint density at radius 3 is 2.50 bits per heavy atom. The molecule has 0 saturated carbocycles. The summed E-state index contributed by atoms with van der Waals surface area (Å²) in [6, 6.07) is 0. The Hall–Kier alpha value is -0.0200. The minimum atomic E-state index is 0.156. The van der Waals surface area contributed by atoms with Crippen LogP contribution >= 0.6 is 27.5 Å². The molecule has 92 valence electrons. The summed E-state index contributed by atoms with van der Waals surface area (Å²) >= 11 is 9.69. The fraction of sp³-hybridized carbons (Fsp3) is 0.750. The first-order valence-electron chi connectivity index (χ1n) is 5.75. The molecule has 0 amide bonds. The number of nitrogens with zero attached hydrogens (tertiary/aromatic N) is 2. The highest BCUT2D eigenvalue weighted by Crippen LogP contribution is 2.32. The van der Waals surface area contributed by atoms with Crippen LogP contribution in [0.3, 0.4) is 0 Å². The lowest BCUT2D eigenvalue weighted by molar-refractivity contribution is 0.343. The van der Waals surface area contributed by atoms with Gasteiger partial charge in [-0.05, 0) is 48.0 Å². The van der Waals surface area contributed by atoms with Crippen LogP contribution in [-0.4, -0.2) is 15.7 Å². The van der Waals surface area contributed by atoms with E-state index in [2.05, 4.69) is 46.5 Å². The lowest BCUT2D eigenvalue weighted by Gasteiger charge is -2.25. The molecule has 0 fully saturated rings. The highest BCUT2D eigenvalue weighted by molar-refractivity contribution is 9.10. The first-order chi connectivity index (χ1) is 7.47. The van der Waals surface area contributed by atoms with Crippen LogP contribution < -0.4 is 0 Å². The predicted molar refractivity (Wildman–Crippen MR) is 73.2 cm³/mol. The first-order valence-corrected chi connectivity index (χ1v) is 7.08. The van der Waals surface area contributed by atoms with Crippen LogP contribution in [-0.2, 0) is 13.0 Å². The van der Waals surface area contributed by atoms with Crippen molar-refractivity contribution < 1.29 is 0 Å². The third kappa shape index (κ3) is 2.80. The zero-order chi connectivity index (χ0) is 12.3. The Balaban J connectivity index is 3.04. The summed E-state index contributed by atoms with van der Waals surface area (Å²) in [5.41, 5.74) is 2.48. The SMILES string of the molecule is CCn1nc(C)c(Br)c1CC(C)(CC)CCl. The standard InChI is InChI=1S/C12H20BrClN2/c1-5-12(4,8-14)7-10-11(13)9(3)15-16(10)6-2/h5-8H2,1-4H3. The van der Waals surface area contributed by atoms with Crippen LogP contribution in [0.4, 0.5) is 0 Å². The van der Waals surface area contributed by atoms with Gasteiger partial charge in [-0.1, -0.05) is 13.8 Å². The van der Waals surface area contributed by atoms with Gasteiger partial charge in [0.05, 0.1) is 15.9 Å². The van der Waals surface area contributed by atoms with Crippen LogP contribution in [0.5, 0.6) is 0 Å². The van der Waals surface area contributed by atoms with Crippen molar-refractivity contribution in [2.75, 3.05) is 5.88 Å². The Labute approximate surface area is 111 Å². The first kappa shape index (κ1) is 14.0. The van der Waals surface area contributed by atoms with Crippen molar-refractivity contribution in [2.45, 2.75) is 47.1 Å². The quantitative estimate of drug-likeness (QED) is 0.747. The minimum absolute atomic E-state index is 0.156. The Kier molecular flexibility index (Phi) is 4.87. The van der Waals surface area contributed by atoms with E-state index in [1.165, 1.54) is 5.69 Å². The zero-order valence-corrected chi connectivity index (χ0v) is 12.8. The summed E-state index contributed by atoms with van der Waals surface area (Å²) in [6.45, 7) is 9.48. The molecule has 0 aliphatic rings. The summed E-state index contributed by atoms with van der Waals surface area (Å²) in [6.07, 6.45) is 2.05. The summed E-state index contributed by atoms with van der Waals surface area (Å²) < 4.78 is 3.21. The average Bonchev–Trinajstić information content (AvgIpc) is 2.56. The van der Waals surface area contributed by atoms with Crippen molar-refractivity contribution in [2.24, 2.45) is 5.41 Å². The van der Waals surface area contributed by atoms with Crippen LogP contribution in [0, 0.1) is 12.3 Å². The van der Waals surface area contributed by atoms with E-state index in [4.69, 9.17) is 11.6 Å². The van der Waals surface area contributed by atoms with Crippen molar-refractivity contribution in [1.82, 2.24) is 9.78 Å². The van der Waals surface area contributed by atoms with E-state index in [1.54, 1.807) is 0 Å². The van der Waals surface area contributed by atoms with Crippen molar-refractivity contribution in [3.05, 3.63) is 15.9 Å². The van der Waals surface area contributed by atoms with Crippen LogP contribution in [0.2, 0.25) is 0 Å². The summed E-state index contributed by atoms with van der Waals surface area (Å²) in [7, 11) is 0. The topological polar surface area (TPSA) is 17.8 Å². The molecule has 1 aromatic rings. The molecule has 0 aromatic carbocycles. The van der Waals surface area contributed by atoms with Gasteiger partial charge in [-0.25, -0.2) is 0 Å². The van der Waals surface area contributed by atoms with Gasteiger partial charge in [-0.2, -0.15) is 5.10 Å². The maximum absolute atomic E-state index is 6.07. The molecule has 0 radical (unpaired) electrons. The van der Waals surface area contributed by atoms with Crippen molar-refractivity contribution in [3.8, 4) is 0 Å². The molecule has 0 spiro atoms. The van der Waals surface area contributed by atoms with Crippen LogP contribution in [0.15, 0.2) is 4.47 Å². The number of aromatic nitrogens is 2. The number of hydrogen-bond acceptors (Lipinski definition) is 1. The van der Waals surface area contributed by atoms with Gasteiger partial charge >= 0.3 is 0 Å². The second-order valence-electron chi connectivity index (χ2n) is 4.64. The highest BCUT2D eigenvalue weighted by atomic mass is 79.9. The Bertz CT molecular complexity index is 356. The van der Waals surface area contributed by atoms with Gasteiger partial charge < -0.3 is 0 Å². The van der Waals surface area contributed by atoms with Gasteiger partial charge in [0, 0.05) is 12.4 Å². The molecule has 0 bridgehead atoms. The number of hydrogen-bond donors (Lipinski definition) is 0. The normalized spacial score (nSPS) is 15.1. The van der Waals surface area contributed by atoms with E-state index in [-0.39, 0.29) is 5.41 Å². The molecule has 1 aromatic heterocycles. The summed E-state index contributed by atoms with van der Waals surface area (Å²) in [5, 5.41) is 4.51. The minimum Gasteiger partial charge on any atom is -0.268 e. The predicted octanol–water partition coefficient (Wildman–Crippen LogP) is 4.17. The summed E-state index contributed by atoms with van der Waals surface area (Å²) in [4.78, 5) is 0. The molecule has 1 atom stereocenters. The fourth-order valence-corrected chi connectivity index (χ4v) is 2.42. The number of halogens is 2. The lowest BCUT2D eigenvalue weighted by Crippen LogP contribution is -2.22. The maximum atomic E-state index is 6.07. The van der Waals surface area contributed by atoms with Crippen LogP contribution in [0.25, 0.3) is 0 Å². The number of rotatable bonds is 5. The van der Waals surface area contributed by atoms with Crippen molar-refractivity contribution >= 4 is 27.5 Å². The smallest absolute Gasteiger partial charge is 0.0738 e. The van der Waals surface area contributed by atoms with Gasteiger partial charge in [-0.3, -0.25) is 4.68 Å². The van der Waals surface area contributed by atoms with Gasteiger partial charge in [0.15, 0.2) is 0 Å². The molecule has 2 nitrogen and oxygen atoms in total. The molecule has 0 saturated heterocycles. The molecule has 0 aliphatic heterocycles. The van der Waals surface area contributed by atoms with Gasteiger partial charge in [0.1, 0.15) is 0 Å². The Morgan fingerprint density at radius 2 is 2.06 bits per heavy atom. The number of alkyl halides is 1. The lowest BCUT2D eigenvalue weighted by atomic mass is 9.85. The largest absolute Gasteiger partial charge is 0.268 e. The van der Waals surface area contributed by atoms with E-state index < -0.39 is 0 Å². The summed E-state index contributed by atoms with van der Waals surface area (Å²) in [5.74, 6) is 0.684. The van der Waals surface area contributed by atoms with E-state index in [0.717, 1.165) is 29.6 Å². The van der Waals surface area contributed by atoms with E-state index >= 15 is 0 Å². The monoisotopic (exact) mass is 306 g/mol. The van der Waals surface area contributed by atoms with Gasteiger partial charge in [-0.15, -0.1) is 11.6 Å². The van der Waals surface area contributed by atoms with E-state index in [0.29, 0.717) is 5.88 Å². The molecule has 1 unspecified atom stereocenters. The second-order valence-corrected chi connectivity index (χ2v) is 5.70. The Morgan fingerprint density at radius 1 is 1.44 bits per heavy atom. The molecule has 1 rings (SSSR count). The highest BCUT2D eigenvalue weighted by Gasteiger charge is 2.25. The molecule has 1 heterocycles. The van der Waals surface area contributed by atoms with Crippen molar-refractivity contribution in [3.63, 3.8) is 0 Å². The van der Waals surface area contributed by atoms with Gasteiger partial charge in [0.25, 0.3) is 0 Å². The van der Waals surface area contributed by atoms with E-state index in [1.807, 2.05) is 6.92 Å². The maximum Gasteiger partial charge on any atom is 0.0738 e. The second kappa shape index (κ2) is 5.54. The van der Waals surface area contributed by atoms with E-state index in [9.17, 15) is 0 Å². The molecule has 16 heavy (non-hydrogen) atoms. The van der Waals surface area contributed by atoms with Crippen LogP contribution in [0.1, 0.15) is 38.6 Å². The molecule has 0 aliphatic carbocycles. The molecule has 4 heteroatoms. The average molecular weight is 308 g/mol. The zero-order valence-electron chi connectivity index (χ0n) is 10.5. The third-order valence-corrected chi connectivity index (χ3v) is 4.90. The fourth-order valence-electron chi connectivity index (χ4n) is 1.71. The number of aryl methyl sites for hydroxylation is 2. The van der Waals surface area contributed by atoms with Gasteiger partial charge in [0.2, 0.25) is 0 Å². The molecular weight excluding hydrogens is 288 g/mol.